The van der Waals surface area contributed by atoms with Crippen molar-refractivity contribution in [2.45, 2.75) is 6.61 Å². The highest BCUT2D eigenvalue weighted by Gasteiger charge is 2.00. The number of hydrazone groups is 1. The molecule has 0 atom stereocenters. The van der Waals surface area contributed by atoms with Crippen molar-refractivity contribution in [3.05, 3.63) is 93.4 Å². The van der Waals surface area contributed by atoms with Gasteiger partial charge in [-0.2, -0.15) is 5.10 Å². The minimum absolute atomic E-state index is 0.128. The highest BCUT2D eigenvalue weighted by atomic mass is 79.9. The molecule has 0 heterocycles. The summed E-state index contributed by atoms with van der Waals surface area (Å²) in [6.45, 7) is 0.569. The first-order valence-electron chi connectivity index (χ1n) is 8.87. The van der Waals surface area contributed by atoms with Crippen molar-refractivity contribution in [1.82, 2.24) is 5.43 Å². The number of carbonyl (C=O) groups is 1. The average molecular weight is 473 g/mol. The molecule has 0 saturated heterocycles. The predicted molar refractivity (Wildman–Crippen MR) is 121 cm³/mol. The Labute approximate surface area is 182 Å². The van der Waals surface area contributed by atoms with Gasteiger partial charge in [-0.05, 0) is 59.7 Å². The van der Waals surface area contributed by atoms with E-state index in [4.69, 9.17) is 16.3 Å². The number of nitrogens with one attached hydrogen (secondary N) is 2. The summed E-state index contributed by atoms with van der Waals surface area (Å²) in [6, 6.07) is 22.6. The zero-order valence-electron chi connectivity index (χ0n) is 15.4. The number of nitrogens with zero attached hydrogens (tertiary/aromatic N) is 1. The summed E-state index contributed by atoms with van der Waals surface area (Å²) < 4.78 is 6.77. The van der Waals surface area contributed by atoms with E-state index in [1.165, 1.54) is 0 Å². The number of halogens is 2. The second-order valence-corrected chi connectivity index (χ2v) is 7.49. The lowest BCUT2D eigenvalue weighted by Gasteiger charge is -2.07. The Hall–Kier alpha value is -2.83. The van der Waals surface area contributed by atoms with Gasteiger partial charge in [0.1, 0.15) is 12.4 Å². The summed E-state index contributed by atoms with van der Waals surface area (Å²) in [5.41, 5.74) is 5.21. The Balaban J connectivity index is 1.46. The van der Waals surface area contributed by atoms with E-state index in [9.17, 15) is 4.79 Å². The van der Waals surface area contributed by atoms with Crippen molar-refractivity contribution in [3.8, 4) is 5.75 Å². The normalized spacial score (nSPS) is 10.7. The van der Waals surface area contributed by atoms with Gasteiger partial charge < -0.3 is 10.1 Å². The van der Waals surface area contributed by atoms with Gasteiger partial charge in [-0.1, -0.05) is 51.8 Å². The Morgan fingerprint density at radius 3 is 2.59 bits per heavy atom. The predicted octanol–water partition coefficient (Wildman–Crippen LogP) is 5.24. The molecule has 0 radical (unpaired) electrons. The molecule has 0 aliphatic rings. The monoisotopic (exact) mass is 471 g/mol. The molecule has 0 fully saturated rings. The minimum atomic E-state index is -0.237. The van der Waals surface area contributed by atoms with Gasteiger partial charge in [-0.15, -0.1) is 0 Å². The highest BCUT2D eigenvalue weighted by molar-refractivity contribution is 9.10. The fourth-order valence-electron chi connectivity index (χ4n) is 2.40. The molecule has 148 valence electrons. The number of hydrogen-bond donors (Lipinski definition) is 2. The van der Waals surface area contributed by atoms with Gasteiger partial charge in [0.15, 0.2) is 0 Å². The van der Waals surface area contributed by atoms with Crippen LogP contribution in [0.25, 0.3) is 0 Å². The molecule has 29 heavy (non-hydrogen) atoms. The number of anilines is 1. The molecule has 0 aliphatic carbocycles. The lowest BCUT2D eigenvalue weighted by atomic mass is 10.2. The molecule has 0 spiro atoms. The third-order valence-corrected chi connectivity index (χ3v) is 4.66. The number of ether oxygens (including phenoxy) is 1. The van der Waals surface area contributed by atoms with Crippen LogP contribution < -0.4 is 15.5 Å². The second-order valence-electron chi connectivity index (χ2n) is 6.14. The lowest BCUT2D eigenvalue weighted by molar-refractivity contribution is -0.119. The van der Waals surface area contributed by atoms with Crippen LogP contribution in [0.2, 0.25) is 5.02 Å². The molecule has 2 N–H and O–H groups in total. The van der Waals surface area contributed by atoms with Gasteiger partial charge >= 0.3 is 0 Å². The lowest BCUT2D eigenvalue weighted by Crippen LogP contribution is -2.25. The third-order valence-electron chi connectivity index (χ3n) is 3.88. The van der Waals surface area contributed by atoms with Crippen LogP contribution in [0, 0.1) is 0 Å². The van der Waals surface area contributed by atoms with Gasteiger partial charge in [0.05, 0.1) is 12.8 Å². The maximum absolute atomic E-state index is 11.9. The summed E-state index contributed by atoms with van der Waals surface area (Å²) in [6.07, 6.45) is 1.58. The first kappa shape index (κ1) is 20.9. The largest absolute Gasteiger partial charge is 0.489 e. The standard InChI is InChI=1S/C22H19BrClN3O2/c23-18-6-10-20(11-7-18)25-14-22(28)27-26-13-17-2-1-3-21(12-17)29-15-16-4-8-19(24)9-5-16/h1-13,25H,14-15H2,(H,27,28)/b26-13-. The fraction of sp³-hybridized carbons (Fsp3) is 0.0909. The van der Waals surface area contributed by atoms with E-state index in [-0.39, 0.29) is 12.5 Å². The SMILES string of the molecule is O=C(CNc1ccc(Br)cc1)N/N=C\c1cccc(OCc2ccc(Cl)cc2)c1. The van der Waals surface area contributed by atoms with Crippen molar-refractivity contribution in [3.63, 3.8) is 0 Å². The topological polar surface area (TPSA) is 62.7 Å². The van der Waals surface area contributed by atoms with E-state index in [0.29, 0.717) is 17.4 Å². The van der Waals surface area contributed by atoms with E-state index in [1.54, 1.807) is 6.21 Å². The number of hydrogen-bond acceptors (Lipinski definition) is 4. The quantitative estimate of drug-likeness (QED) is 0.348. The molecule has 3 rings (SSSR count). The minimum Gasteiger partial charge on any atom is -0.489 e. The summed E-state index contributed by atoms with van der Waals surface area (Å²) >= 11 is 9.26. The molecule has 0 saturated carbocycles. The molecule has 0 aliphatic heterocycles. The van der Waals surface area contributed by atoms with Crippen LogP contribution in [-0.4, -0.2) is 18.7 Å². The van der Waals surface area contributed by atoms with Crippen molar-refractivity contribution in [2.75, 3.05) is 11.9 Å². The third kappa shape index (κ3) is 7.25. The van der Waals surface area contributed by atoms with E-state index in [1.807, 2.05) is 72.8 Å². The maximum Gasteiger partial charge on any atom is 0.259 e. The zero-order valence-corrected chi connectivity index (χ0v) is 17.8. The number of amides is 1. The molecular weight excluding hydrogens is 454 g/mol. The fourth-order valence-corrected chi connectivity index (χ4v) is 2.79. The molecular formula is C22H19BrClN3O2. The van der Waals surface area contributed by atoms with Crippen LogP contribution in [0.4, 0.5) is 5.69 Å². The molecule has 3 aromatic rings. The van der Waals surface area contributed by atoms with E-state index >= 15 is 0 Å². The first-order chi connectivity index (χ1) is 14.1. The van der Waals surface area contributed by atoms with E-state index < -0.39 is 0 Å². The van der Waals surface area contributed by atoms with Gasteiger partial charge in [-0.3, -0.25) is 4.79 Å². The molecule has 1 amide bonds. The summed E-state index contributed by atoms with van der Waals surface area (Å²) in [4.78, 5) is 11.9. The van der Waals surface area contributed by atoms with Crippen molar-refractivity contribution in [2.24, 2.45) is 5.10 Å². The summed E-state index contributed by atoms with van der Waals surface area (Å²) in [5, 5.41) is 7.72. The second kappa shape index (κ2) is 10.6. The molecule has 7 heteroatoms. The van der Waals surface area contributed by atoms with E-state index in [2.05, 4.69) is 31.8 Å². The highest BCUT2D eigenvalue weighted by Crippen LogP contribution is 2.16. The first-order valence-corrected chi connectivity index (χ1v) is 10.0. The number of benzene rings is 3. The Bertz CT molecular complexity index is 976. The van der Waals surface area contributed by atoms with Crippen LogP contribution >= 0.6 is 27.5 Å². The van der Waals surface area contributed by atoms with Crippen molar-refractivity contribution >= 4 is 45.3 Å². The Morgan fingerprint density at radius 2 is 1.83 bits per heavy atom. The van der Waals surface area contributed by atoms with Gasteiger partial charge in [0, 0.05) is 15.2 Å². The van der Waals surface area contributed by atoms with Gasteiger partial charge in [-0.25, -0.2) is 5.43 Å². The van der Waals surface area contributed by atoms with Gasteiger partial charge in [0.25, 0.3) is 5.91 Å². The molecule has 3 aromatic carbocycles. The van der Waals surface area contributed by atoms with Gasteiger partial charge in [0.2, 0.25) is 0 Å². The van der Waals surface area contributed by atoms with Crippen LogP contribution in [0.5, 0.6) is 5.75 Å². The molecule has 5 nitrogen and oxygen atoms in total. The Kier molecular flexibility index (Phi) is 7.67. The number of carbonyl (C=O) groups excluding carboxylic acids is 1. The maximum atomic E-state index is 11.9. The zero-order chi connectivity index (χ0) is 20.5. The van der Waals surface area contributed by atoms with Crippen LogP contribution in [0.3, 0.4) is 0 Å². The Morgan fingerprint density at radius 1 is 1.07 bits per heavy atom. The molecule has 0 aromatic heterocycles. The van der Waals surface area contributed by atoms with Crippen molar-refractivity contribution in [1.29, 1.82) is 0 Å². The summed E-state index contributed by atoms with van der Waals surface area (Å²) in [5.74, 6) is 0.478. The smallest absolute Gasteiger partial charge is 0.259 e. The van der Waals surface area contributed by atoms with Crippen LogP contribution in [0.15, 0.2) is 82.4 Å². The van der Waals surface area contributed by atoms with Crippen LogP contribution in [0.1, 0.15) is 11.1 Å². The van der Waals surface area contributed by atoms with Crippen LogP contribution in [-0.2, 0) is 11.4 Å². The summed E-state index contributed by atoms with van der Waals surface area (Å²) in [7, 11) is 0. The van der Waals surface area contributed by atoms with Crippen molar-refractivity contribution < 1.29 is 9.53 Å². The number of rotatable bonds is 8. The molecule has 0 bridgehead atoms. The van der Waals surface area contributed by atoms with E-state index in [0.717, 1.165) is 21.3 Å². The molecule has 0 unspecified atom stereocenters. The average Bonchev–Trinajstić information content (AvgIpc) is 2.73.